The number of benzene rings is 1. The summed E-state index contributed by atoms with van der Waals surface area (Å²) in [4.78, 5) is 0. The summed E-state index contributed by atoms with van der Waals surface area (Å²) in [6, 6.07) is 6.37. The van der Waals surface area contributed by atoms with Crippen LogP contribution >= 0.6 is 12.4 Å². The molecule has 2 rings (SSSR count). The molecule has 1 aliphatic carbocycles. The quantitative estimate of drug-likeness (QED) is 0.841. The third-order valence-corrected chi connectivity index (χ3v) is 3.08. The first-order valence-corrected chi connectivity index (χ1v) is 5.19. The first-order chi connectivity index (χ1) is 6.83. The number of halogens is 1. The van der Waals surface area contributed by atoms with Gasteiger partial charge < -0.3 is 10.5 Å². The molecule has 1 aromatic carbocycles. The van der Waals surface area contributed by atoms with Crippen LogP contribution in [0.5, 0.6) is 5.75 Å². The molecule has 84 valence electrons. The number of rotatable bonds is 2. The molecule has 0 aromatic heterocycles. The maximum Gasteiger partial charge on any atom is 0.119 e. The van der Waals surface area contributed by atoms with E-state index in [2.05, 4.69) is 12.1 Å². The molecule has 0 bridgehead atoms. The van der Waals surface area contributed by atoms with E-state index in [0.717, 1.165) is 25.1 Å². The fraction of sp³-hybridized carbons (Fsp3) is 0.500. The molecule has 0 saturated carbocycles. The van der Waals surface area contributed by atoms with Gasteiger partial charge in [-0.1, -0.05) is 6.07 Å². The predicted octanol–water partition coefficient (Wildman–Crippen LogP) is 2.18. The van der Waals surface area contributed by atoms with Gasteiger partial charge in [-0.3, -0.25) is 0 Å². The molecule has 1 aliphatic rings. The Hall–Kier alpha value is -0.730. The second-order valence-corrected chi connectivity index (χ2v) is 3.98. The molecule has 0 radical (unpaired) electrons. The fourth-order valence-corrected chi connectivity index (χ4v) is 2.14. The summed E-state index contributed by atoms with van der Waals surface area (Å²) in [7, 11) is 1.72. The van der Waals surface area contributed by atoms with Crippen LogP contribution < -0.4 is 10.5 Å². The van der Waals surface area contributed by atoms with Crippen LogP contribution in [0, 0.1) is 5.92 Å². The molecule has 0 heterocycles. The highest BCUT2D eigenvalue weighted by Gasteiger charge is 2.17. The summed E-state index contributed by atoms with van der Waals surface area (Å²) in [5.74, 6) is 1.64. The molecule has 0 amide bonds. The lowest BCUT2D eigenvalue weighted by atomic mass is 9.84. The minimum atomic E-state index is 0. The van der Waals surface area contributed by atoms with Gasteiger partial charge in [-0.25, -0.2) is 0 Å². The molecule has 0 spiro atoms. The van der Waals surface area contributed by atoms with Gasteiger partial charge in [0.05, 0.1) is 7.11 Å². The van der Waals surface area contributed by atoms with Crippen LogP contribution in [0.25, 0.3) is 0 Å². The van der Waals surface area contributed by atoms with Crippen molar-refractivity contribution in [1.82, 2.24) is 0 Å². The van der Waals surface area contributed by atoms with Gasteiger partial charge in [0.1, 0.15) is 5.75 Å². The third-order valence-electron chi connectivity index (χ3n) is 3.08. The Kier molecular flexibility index (Phi) is 4.43. The molecule has 15 heavy (non-hydrogen) atoms. The molecule has 2 N–H and O–H groups in total. The summed E-state index contributed by atoms with van der Waals surface area (Å²) in [6.45, 7) is 0.811. The fourth-order valence-electron chi connectivity index (χ4n) is 2.14. The number of ether oxygens (including phenoxy) is 1. The van der Waals surface area contributed by atoms with Crippen molar-refractivity contribution < 1.29 is 4.74 Å². The molecule has 0 fully saturated rings. The van der Waals surface area contributed by atoms with Gasteiger partial charge >= 0.3 is 0 Å². The van der Waals surface area contributed by atoms with Crippen molar-refractivity contribution in [3.63, 3.8) is 0 Å². The van der Waals surface area contributed by atoms with Gasteiger partial charge in [0.2, 0.25) is 0 Å². The molecule has 1 atom stereocenters. The zero-order chi connectivity index (χ0) is 9.97. The largest absolute Gasteiger partial charge is 0.497 e. The summed E-state index contributed by atoms with van der Waals surface area (Å²) >= 11 is 0. The maximum absolute atomic E-state index is 5.69. The van der Waals surface area contributed by atoms with Crippen LogP contribution in [0.15, 0.2) is 18.2 Å². The Morgan fingerprint density at radius 1 is 1.40 bits per heavy atom. The summed E-state index contributed by atoms with van der Waals surface area (Å²) in [5.41, 5.74) is 8.58. The van der Waals surface area contributed by atoms with Crippen molar-refractivity contribution in [3.8, 4) is 5.75 Å². The molecule has 1 aromatic rings. The second kappa shape index (κ2) is 5.38. The topological polar surface area (TPSA) is 35.2 Å². The zero-order valence-corrected chi connectivity index (χ0v) is 9.85. The van der Waals surface area contributed by atoms with Crippen molar-refractivity contribution >= 4 is 12.4 Å². The normalized spacial score (nSPS) is 18.9. The van der Waals surface area contributed by atoms with Crippen LogP contribution in [0.1, 0.15) is 17.5 Å². The lowest BCUT2D eigenvalue weighted by molar-refractivity contribution is 0.411. The highest BCUT2D eigenvalue weighted by atomic mass is 35.5. The Balaban J connectivity index is 0.00000112. The third kappa shape index (κ3) is 2.64. The lowest BCUT2D eigenvalue weighted by Gasteiger charge is -2.23. The second-order valence-electron chi connectivity index (χ2n) is 3.98. The molecule has 2 nitrogen and oxygen atoms in total. The van der Waals surface area contributed by atoms with Gasteiger partial charge in [-0.15, -0.1) is 12.4 Å². The Labute approximate surface area is 97.2 Å². The number of fused-ring (bicyclic) bond motifs is 1. The van der Waals surface area contributed by atoms with E-state index in [1.807, 2.05) is 6.07 Å². The molecule has 0 aliphatic heterocycles. The van der Waals surface area contributed by atoms with Gasteiger partial charge in [-0.05, 0) is 55.0 Å². The van der Waals surface area contributed by atoms with E-state index in [0.29, 0.717) is 5.92 Å². The van der Waals surface area contributed by atoms with Gasteiger partial charge in [0, 0.05) is 0 Å². The first kappa shape index (κ1) is 12.3. The molecular formula is C12H18ClNO. The Bertz CT molecular complexity index is 327. The van der Waals surface area contributed by atoms with Crippen LogP contribution in [0.4, 0.5) is 0 Å². The SMILES string of the molecule is COc1ccc2c(c1)CCC(CN)C2.Cl. The van der Waals surface area contributed by atoms with Crippen LogP contribution in [0.3, 0.4) is 0 Å². The highest BCUT2D eigenvalue weighted by Crippen LogP contribution is 2.27. The lowest BCUT2D eigenvalue weighted by Crippen LogP contribution is -2.22. The van der Waals surface area contributed by atoms with E-state index in [9.17, 15) is 0 Å². The average Bonchev–Trinajstić information content (AvgIpc) is 2.27. The molecular weight excluding hydrogens is 210 g/mol. The maximum atomic E-state index is 5.69. The number of aryl methyl sites for hydroxylation is 1. The van der Waals surface area contributed by atoms with E-state index in [1.165, 1.54) is 17.5 Å². The Morgan fingerprint density at radius 2 is 2.20 bits per heavy atom. The summed E-state index contributed by atoms with van der Waals surface area (Å²) < 4.78 is 5.21. The average molecular weight is 228 g/mol. The van der Waals surface area contributed by atoms with Gasteiger partial charge in [0.25, 0.3) is 0 Å². The van der Waals surface area contributed by atoms with Crippen LogP contribution in [0.2, 0.25) is 0 Å². The van der Waals surface area contributed by atoms with Crippen molar-refractivity contribution in [2.75, 3.05) is 13.7 Å². The standard InChI is InChI=1S/C12H17NO.ClH/c1-14-12-5-4-10-6-9(8-13)2-3-11(10)7-12;/h4-5,7,9H,2-3,6,8,13H2,1H3;1H. The van der Waals surface area contributed by atoms with E-state index >= 15 is 0 Å². The van der Waals surface area contributed by atoms with E-state index in [4.69, 9.17) is 10.5 Å². The van der Waals surface area contributed by atoms with E-state index in [1.54, 1.807) is 7.11 Å². The molecule has 1 unspecified atom stereocenters. The smallest absolute Gasteiger partial charge is 0.119 e. The van der Waals surface area contributed by atoms with Crippen LogP contribution in [-0.4, -0.2) is 13.7 Å². The van der Waals surface area contributed by atoms with Crippen molar-refractivity contribution in [2.24, 2.45) is 11.7 Å². The van der Waals surface area contributed by atoms with Crippen LogP contribution in [-0.2, 0) is 12.8 Å². The van der Waals surface area contributed by atoms with E-state index < -0.39 is 0 Å². The van der Waals surface area contributed by atoms with Gasteiger partial charge in [0.15, 0.2) is 0 Å². The van der Waals surface area contributed by atoms with Crippen molar-refractivity contribution in [1.29, 1.82) is 0 Å². The monoisotopic (exact) mass is 227 g/mol. The van der Waals surface area contributed by atoms with E-state index in [-0.39, 0.29) is 12.4 Å². The molecule has 0 saturated heterocycles. The minimum Gasteiger partial charge on any atom is -0.497 e. The highest BCUT2D eigenvalue weighted by molar-refractivity contribution is 5.85. The zero-order valence-electron chi connectivity index (χ0n) is 9.03. The Morgan fingerprint density at radius 3 is 2.87 bits per heavy atom. The minimum absolute atomic E-state index is 0. The number of hydrogen-bond acceptors (Lipinski definition) is 2. The van der Waals surface area contributed by atoms with Crippen molar-refractivity contribution in [2.45, 2.75) is 19.3 Å². The molecule has 3 heteroatoms. The predicted molar refractivity (Wildman–Crippen MR) is 64.8 cm³/mol. The first-order valence-electron chi connectivity index (χ1n) is 5.19. The van der Waals surface area contributed by atoms with Gasteiger partial charge in [-0.2, -0.15) is 0 Å². The number of methoxy groups -OCH3 is 1. The number of nitrogens with two attached hydrogens (primary N) is 1. The summed E-state index contributed by atoms with van der Waals surface area (Å²) in [5, 5.41) is 0. The number of hydrogen-bond donors (Lipinski definition) is 1. The van der Waals surface area contributed by atoms with Crippen molar-refractivity contribution in [3.05, 3.63) is 29.3 Å². The summed E-state index contributed by atoms with van der Waals surface area (Å²) in [6.07, 6.45) is 3.50.